The van der Waals surface area contributed by atoms with Gasteiger partial charge in [-0.2, -0.15) is 4.31 Å². The molecular weight excluding hydrogens is 624 g/mol. The summed E-state index contributed by atoms with van der Waals surface area (Å²) in [6.07, 6.45) is 1.66. The monoisotopic (exact) mass is 670 g/mol. The molecule has 12 nitrogen and oxygen atoms in total. The van der Waals surface area contributed by atoms with Crippen LogP contribution in [0.4, 0.5) is 10.5 Å². The number of fused-ring (bicyclic) bond motifs is 2. The Bertz CT molecular complexity index is 1530. The first kappa shape index (κ1) is 34.8. The van der Waals surface area contributed by atoms with E-state index in [1.54, 1.807) is 12.3 Å². The Morgan fingerprint density at radius 3 is 2.70 bits per heavy atom. The van der Waals surface area contributed by atoms with Crippen molar-refractivity contribution in [3.63, 3.8) is 0 Å². The van der Waals surface area contributed by atoms with Gasteiger partial charge < -0.3 is 35.3 Å². The summed E-state index contributed by atoms with van der Waals surface area (Å²) in [6.45, 7) is 7.16. The van der Waals surface area contributed by atoms with E-state index in [9.17, 15) is 23.1 Å². The lowest BCUT2D eigenvalue weighted by atomic mass is 10.0. The minimum Gasteiger partial charge on any atom is -0.443 e. The Morgan fingerprint density at radius 2 is 1.96 bits per heavy atom. The molecule has 2 saturated heterocycles. The van der Waals surface area contributed by atoms with Crippen molar-refractivity contribution in [2.45, 2.75) is 75.9 Å². The van der Waals surface area contributed by atoms with Crippen LogP contribution < -0.4 is 16.0 Å². The second-order valence-electron chi connectivity index (χ2n) is 12.7. The highest BCUT2D eigenvalue weighted by molar-refractivity contribution is 7.89. The van der Waals surface area contributed by atoms with Crippen molar-refractivity contribution in [3.8, 4) is 0 Å². The highest BCUT2D eigenvalue weighted by Crippen LogP contribution is 2.35. The van der Waals surface area contributed by atoms with Crippen LogP contribution in [0.5, 0.6) is 0 Å². The van der Waals surface area contributed by atoms with E-state index in [2.05, 4.69) is 22.9 Å². The van der Waals surface area contributed by atoms with Gasteiger partial charge in [-0.05, 0) is 48.9 Å². The number of aliphatic hydroxyl groups is 1. The van der Waals surface area contributed by atoms with Crippen molar-refractivity contribution < 1.29 is 37.3 Å². The normalized spacial score (nSPS) is 22.6. The molecule has 5 unspecified atom stereocenters. The van der Waals surface area contributed by atoms with Gasteiger partial charge in [0.1, 0.15) is 6.10 Å². The van der Waals surface area contributed by atoms with E-state index in [0.717, 1.165) is 24.8 Å². The number of amides is 2. The van der Waals surface area contributed by atoms with Gasteiger partial charge in [0.25, 0.3) is 5.91 Å². The van der Waals surface area contributed by atoms with Crippen LogP contribution in [-0.2, 0) is 35.4 Å². The first-order chi connectivity index (χ1) is 22.6. The molecule has 4 N–H and O–H groups in total. The molecule has 5 rings (SSSR count). The lowest BCUT2D eigenvalue weighted by Crippen LogP contribution is -2.51. The van der Waals surface area contributed by atoms with Gasteiger partial charge in [0.2, 0.25) is 10.0 Å². The highest BCUT2D eigenvalue weighted by Gasteiger charge is 2.44. The van der Waals surface area contributed by atoms with Gasteiger partial charge in [-0.25, -0.2) is 13.2 Å². The maximum atomic E-state index is 14.2. The van der Waals surface area contributed by atoms with Crippen molar-refractivity contribution in [2.24, 2.45) is 11.8 Å². The topological polar surface area (TPSA) is 156 Å². The summed E-state index contributed by atoms with van der Waals surface area (Å²) in [6, 6.07) is 13.0. The fourth-order valence-corrected chi connectivity index (χ4v) is 7.76. The molecule has 0 aromatic heterocycles. The van der Waals surface area contributed by atoms with E-state index in [1.165, 1.54) is 16.4 Å². The highest BCUT2D eigenvalue weighted by atomic mass is 32.2. The second kappa shape index (κ2) is 15.6. The number of nitrogens with zero attached hydrogens (tertiary/aromatic N) is 1. The number of carbonyl (C=O) groups is 2. The number of sulfonamides is 1. The summed E-state index contributed by atoms with van der Waals surface area (Å²) in [5, 5.41) is 20.3. The van der Waals surface area contributed by atoms with Gasteiger partial charge >= 0.3 is 6.09 Å². The van der Waals surface area contributed by atoms with Gasteiger partial charge in [-0.1, -0.05) is 57.5 Å². The van der Waals surface area contributed by atoms with Gasteiger partial charge in [0.15, 0.2) is 6.29 Å². The summed E-state index contributed by atoms with van der Waals surface area (Å²) < 4.78 is 46.4. The lowest BCUT2D eigenvalue weighted by molar-refractivity contribution is -0.110. The van der Waals surface area contributed by atoms with Gasteiger partial charge in [0, 0.05) is 37.1 Å². The average molecular weight is 671 g/mol. The quantitative estimate of drug-likeness (QED) is 0.165. The number of ether oxygens (including phenoxy) is 3. The number of hydrogen-bond acceptors (Lipinski definition) is 9. The zero-order valence-corrected chi connectivity index (χ0v) is 28.0. The fourth-order valence-electron chi connectivity index (χ4n) is 6.11. The van der Waals surface area contributed by atoms with Gasteiger partial charge in [-0.15, -0.1) is 0 Å². The third-order valence-electron chi connectivity index (χ3n) is 8.60. The third kappa shape index (κ3) is 8.52. The predicted molar refractivity (Wildman–Crippen MR) is 177 cm³/mol. The van der Waals surface area contributed by atoms with E-state index >= 15 is 0 Å². The van der Waals surface area contributed by atoms with Crippen LogP contribution in [0.3, 0.4) is 0 Å². The molecule has 0 saturated carbocycles. The largest absolute Gasteiger partial charge is 0.443 e. The number of alkyl carbamates (subject to hydrolysis) is 1. The number of carbonyl (C=O) groups excluding carboxylic acids is 2. The molecular formula is C34H46N4O8S. The summed E-state index contributed by atoms with van der Waals surface area (Å²) in [5.41, 5.74) is 2.23. The van der Waals surface area contributed by atoms with Crippen molar-refractivity contribution in [1.82, 2.24) is 14.9 Å². The van der Waals surface area contributed by atoms with Crippen LogP contribution in [0.1, 0.15) is 51.2 Å². The molecule has 3 heterocycles. The SMILES string of the molecule is CCCCN/C=C1/C(=O)Nc2ccc(S(=O)(=O)N(CC(C)C)CC(O)C(Cc3ccccc3)NC(=O)OC3COC4OCCC34)cc21. The Balaban J connectivity index is 1.35. The molecule has 13 heteroatoms. The Hall–Kier alpha value is -3.49. The molecule has 5 atom stereocenters. The predicted octanol–water partition coefficient (Wildman–Crippen LogP) is 3.48. The van der Waals surface area contributed by atoms with Crippen LogP contribution in [0, 0.1) is 11.8 Å². The Kier molecular flexibility index (Phi) is 11.6. The average Bonchev–Trinajstić information content (AvgIpc) is 3.74. The minimum atomic E-state index is -4.13. The number of aliphatic hydroxyl groups excluding tert-OH is 1. The number of hydrogen-bond donors (Lipinski definition) is 4. The molecule has 2 fully saturated rings. The van der Waals surface area contributed by atoms with Crippen molar-refractivity contribution in [3.05, 3.63) is 65.9 Å². The molecule has 256 valence electrons. The first-order valence-corrected chi connectivity index (χ1v) is 17.8. The molecule has 47 heavy (non-hydrogen) atoms. The zero-order chi connectivity index (χ0) is 33.6. The molecule has 0 bridgehead atoms. The molecule has 0 radical (unpaired) electrons. The van der Waals surface area contributed by atoms with E-state index in [4.69, 9.17) is 14.2 Å². The summed E-state index contributed by atoms with van der Waals surface area (Å²) >= 11 is 0. The van der Waals surface area contributed by atoms with Crippen LogP contribution >= 0.6 is 0 Å². The van der Waals surface area contributed by atoms with Crippen molar-refractivity contribution in [2.75, 3.05) is 38.2 Å². The fraction of sp³-hybridized carbons (Fsp3) is 0.529. The third-order valence-corrected chi connectivity index (χ3v) is 10.4. The van der Waals surface area contributed by atoms with Gasteiger partial charge in [0.05, 0.1) is 41.7 Å². The van der Waals surface area contributed by atoms with E-state index in [1.807, 2.05) is 44.2 Å². The summed E-state index contributed by atoms with van der Waals surface area (Å²) in [7, 11) is -4.13. The Morgan fingerprint density at radius 1 is 1.17 bits per heavy atom. The maximum absolute atomic E-state index is 14.2. The molecule has 3 aliphatic heterocycles. The molecule has 3 aliphatic rings. The van der Waals surface area contributed by atoms with E-state index in [-0.39, 0.29) is 55.0 Å². The van der Waals surface area contributed by atoms with Crippen LogP contribution in [0.2, 0.25) is 0 Å². The molecule has 2 amide bonds. The number of unbranched alkanes of at least 4 members (excludes halogenated alkanes) is 1. The first-order valence-electron chi connectivity index (χ1n) is 16.4. The smallest absolute Gasteiger partial charge is 0.407 e. The summed E-state index contributed by atoms with van der Waals surface area (Å²) in [4.78, 5) is 25.8. The minimum absolute atomic E-state index is 0.00149. The molecule has 2 aromatic rings. The second-order valence-corrected chi connectivity index (χ2v) is 14.7. The van der Waals surface area contributed by atoms with Crippen LogP contribution in [-0.4, -0.2) is 87.2 Å². The Labute approximate surface area is 276 Å². The van der Waals surface area contributed by atoms with E-state index in [0.29, 0.717) is 30.0 Å². The van der Waals surface area contributed by atoms with Crippen LogP contribution in [0.25, 0.3) is 5.57 Å². The number of rotatable bonds is 15. The van der Waals surface area contributed by atoms with Crippen molar-refractivity contribution >= 4 is 33.3 Å². The standard InChI is InChI=1S/C34H46N4O8S/c1-4-5-14-35-18-27-26-17-24(11-12-28(26)36-32(27)40)47(42,43)38(19-22(2)3)20-30(39)29(16-23-9-7-6-8-10-23)37-34(41)46-31-21-45-33-25(31)13-15-44-33/h6-12,17-18,22,25,29-31,33,35,39H,4-5,13-16,19-21H2,1-3H3,(H,36,40)(H,37,41)/b27-18+. The number of anilines is 1. The number of nitrogens with one attached hydrogen (secondary N) is 3. The van der Waals surface area contributed by atoms with Crippen LogP contribution in [0.15, 0.2) is 59.6 Å². The zero-order valence-electron chi connectivity index (χ0n) is 27.2. The molecule has 2 aromatic carbocycles. The molecule has 0 aliphatic carbocycles. The molecule has 0 spiro atoms. The van der Waals surface area contributed by atoms with E-state index < -0.39 is 34.4 Å². The van der Waals surface area contributed by atoms with Crippen molar-refractivity contribution in [1.29, 1.82) is 0 Å². The number of benzene rings is 2. The summed E-state index contributed by atoms with van der Waals surface area (Å²) in [5.74, 6) is -0.428. The lowest BCUT2D eigenvalue weighted by Gasteiger charge is -2.31. The van der Waals surface area contributed by atoms with Gasteiger partial charge in [-0.3, -0.25) is 4.79 Å². The maximum Gasteiger partial charge on any atom is 0.407 e.